The van der Waals surface area contributed by atoms with Crippen molar-refractivity contribution in [2.24, 2.45) is 0 Å². The fourth-order valence-electron chi connectivity index (χ4n) is 1.58. The van der Waals surface area contributed by atoms with Crippen molar-refractivity contribution in [3.05, 3.63) is 0 Å². The lowest BCUT2D eigenvalue weighted by atomic mass is 10.0. The molecule has 0 aromatic heterocycles. The number of hydrogen-bond donors (Lipinski definition) is 0. The highest BCUT2D eigenvalue weighted by Crippen LogP contribution is 2.67. The summed E-state index contributed by atoms with van der Waals surface area (Å²) in [5.41, 5.74) is 0. The third-order valence-electron chi connectivity index (χ3n) is 2.28. The zero-order chi connectivity index (χ0) is 10.4. The SMILES string of the molecule is CCCOP(=O)(Cl)SC1CCCCC1. The van der Waals surface area contributed by atoms with Crippen LogP contribution in [0.25, 0.3) is 0 Å². The van der Waals surface area contributed by atoms with Crippen LogP contribution in [0.5, 0.6) is 0 Å². The molecule has 0 aromatic carbocycles. The molecule has 1 unspecified atom stereocenters. The molecule has 0 spiro atoms. The van der Waals surface area contributed by atoms with Crippen molar-refractivity contribution in [3.63, 3.8) is 0 Å². The highest BCUT2D eigenvalue weighted by molar-refractivity contribution is 8.64. The molecule has 0 bridgehead atoms. The van der Waals surface area contributed by atoms with Gasteiger partial charge in [-0.05, 0) is 30.5 Å². The first-order valence-electron chi connectivity index (χ1n) is 5.26. The van der Waals surface area contributed by atoms with Crippen LogP contribution in [0.4, 0.5) is 0 Å². The van der Waals surface area contributed by atoms with Crippen molar-refractivity contribution in [3.8, 4) is 0 Å². The van der Waals surface area contributed by atoms with Gasteiger partial charge in [0.1, 0.15) is 0 Å². The molecule has 0 aliphatic heterocycles. The molecule has 1 aliphatic carbocycles. The van der Waals surface area contributed by atoms with E-state index >= 15 is 0 Å². The Bertz CT molecular complexity index is 207. The molecule has 0 aromatic rings. The summed E-state index contributed by atoms with van der Waals surface area (Å²) in [6, 6.07) is 0. The van der Waals surface area contributed by atoms with Crippen LogP contribution >= 0.6 is 28.5 Å². The summed E-state index contributed by atoms with van der Waals surface area (Å²) in [5, 5.41) is 0.448. The predicted octanol–water partition coefficient (Wildman–Crippen LogP) is 4.83. The second-order valence-electron chi connectivity index (χ2n) is 3.63. The van der Waals surface area contributed by atoms with Crippen LogP contribution < -0.4 is 0 Å². The van der Waals surface area contributed by atoms with Gasteiger partial charge in [-0.2, -0.15) is 0 Å². The average molecular weight is 257 g/mol. The highest BCUT2D eigenvalue weighted by Gasteiger charge is 2.27. The minimum Gasteiger partial charge on any atom is -0.310 e. The summed E-state index contributed by atoms with van der Waals surface area (Å²) >= 11 is 7.21. The van der Waals surface area contributed by atoms with E-state index in [-0.39, 0.29) is 0 Å². The quantitative estimate of drug-likeness (QED) is 0.659. The first kappa shape index (κ1) is 12.9. The van der Waals surface area contributed by atoms with Gasteiger partial charge in [0, 0.05) is 5.25 Å². The Morgan fingerprint density at radius 1 is 1.43 bits per heavy atom. The van der Waals surface area contributed by atoms with Gasteiger partial charge in [0.25, 0.3) is 0 Å². The molecule has 0 radical (unpaired) electrons. The van der Waals surface area contributed by atoms with Gasteiger partial charge in [0.15, 0.2) is 0 Å². The Morgan fingerprint density at radius 3 is 2.64 bits per heavy atom. The van der Waals surface area contributed by atoms with Gasteiger partial charge in [-0.15, -0.1) is 0 Å². The van der Waals surface area contributed by atoms with Crippen molar-refractivity contribution in [2.75, 3.05) is 6.61 Å². The Balaban J connectivity index is 2.29. The predicted molar refractivity (Wildman–Crippen MR) is 64.2 cm³/mol. The largest absolute Gasteiger partial charge is 0.346 e. The van der Waals surface area contributed by atoms with Crippen LogP contribution in [0.3, 0.4) is 0 Å². The van der Waals surface area contributed by atoms with Gasteiger partial charge >= 0.3 is 5.92 Å². The van der Waals surface area contributed by atoms with Gasteiger partial charge in [0.05, 0.1) is 6.61 Å². The van der Waals surface area contributed by atoms with Crippen LogP contribution in [0, 0.1) is 0 Å². The van der Waals surface area contributed by atoms with E-state index in [4.69, 9.17) is 15.8 Å². The van der Waals surface area contributed by atoms with Crippen LogP contribution in [0.1, 0.15) is 45.4 Å². The van der Waals surface area contributed by atoms with Gasteiger partial charge in [-0.1, -0.05) is 37.6 Å². The summed E-state index contributed by atoms with van der Waals surface area (Å²) < 4.78 is 16.9. The van der Waals surface area contributed by atoms with Crippen LogP contribution in [0.2, 0.25) is 0 Å². The smallest absolute Gasteiger partial charge is 0.310 e. The lowest BCUT2D eigenvalue weighted by Crippen LogP contribution is -2.07. The normalized spacial score (nSPS) is 23.3. The van der Waals surface area contributed by atoms with Gasteiger partial charge in [-0.25, -0.2) is 0 Å². The van der Waals surface area contributed by atoms with Crippen LogP contribution in [-0.2, 0) is 9.09 Å². The maximum Gasteiger partial charge on any atom is 0.346 e. The molecule has 0 N–H and O–H groups in total. The Morgan fingerprint density at radius 2 is 2.07 bits per heavy atom. The second kappa shape index (κ2) is 6.42. The zero-order valence-electron chi connectivity index (χ0n) is 8.58. The minimum atomic E-state index is -2.89. The standard InChI is InChI=1S/C9H18ClO2PS/c1-2-8-12-13(10,11)14-9-6-4-3-5-7-9/h9H,2-8H2,1H3. The lowest BCUT2D eigenvalue weighted by molar-refractivity contribution is 0.334. The molecule has 0 heterocycles. The molecule has 1 fully saturated rings. The van der Waals surface area contributed by atoms with Gasteiger partial charge < -0.3 is 4.52 Å². The number of halogens is 1. The maximum absolute atomic E-state index is 11.7. The van der Waals surface area contributed by atoms with E-state index in [0.717, 1.165) is 19.3 Å². The summed E-state index contributed by atoms with van der Waals surface area (Å²) in [4.78, 5) is 0. The molecule has 84 valence electrons. The summed E-state index contributed by atoms with van der Waals surface area (Å²) in [5.74, 6) is -2.89. The molecule has 1 rings (SSSR count). The van der Waals surface area contributed by atoms with Crippen LogP contribution in [-0.4, -0.2) is 11.9 Å². The lowest BCUT2D eigenvalue weighted by Gasteiger charge is -2.22. The first-order valence-corrected chi connectivity index (χ1v) is 9.28. The monoisotopic (exact) mass is 256 g/mol. The first-order chi connectivity index (χ1) is 6.64. The van der Waals surface area contributed by atoms with E-state index in [1.807, 2.05) is 6.92 Å². The molecule has 1 saturated carbocycles. The van der Waals surface area contributed by atoms with Gasteiger partial charge in [-0.3, -0.25) is 4.57 Å². The fraction of sp³-hybridized carbons (Fsp3) is 1.00. The third kappa shape index (κ3) is 5.06. The third-order valence-corrected chi connectivity index (χ3v) is 6.77. The molecule has 2 nitrogen and oxygen atoms in total. The molecule has 0 amide bonds. The molecule has 1 atom stereocenters. The summed E-state index contributed by atoms with van der Waals surface area (Å²) in [6.07, 6.45) is 6.92. The van der Waals surface area contributed by atoms with Crippen molar-refractivity contribution < 1.29 is 9.09 Å². The Hall–Kier alpha value is 0.830. The van der Waals surface area contributed by atoms with E-state index in [9.17, 15) is 4.57 Å². The van der Waals surface area contributed by atoms with Crippen molar-refractivity contribution >= 4 is 28.5 Å². The van der Waals surface area contributed by atoms with E-state index < -0.39 is 5.92 Å². The van der Waals surface area contributed by atoms with Crippen molar-refractivity contribution in [1.82, 2.24) is 0 Å². The van der Waals surface area contributed by atoms with Crippen LogP contribution in [0.15, 0.2) is 0 Å². The molecule has 0 saturated heterocycles. The summed E-state index contributed by atoms with van der Waals surface area (Å²) in [6.45, 7) is 2.49. The molecule has 1 aliphatic rings. The van der Waals surface area contributed by atoms with E-state index in [2.05, 4.69) is 0 Å². The zero-order valence-corrected chi connectivity index (χ0v) is 11.0. The van der Waals surface area contributed by atoms with Crippen molar-refractivity contribution in [2.45, 2.75) is 50.7 Å². The summed E-state index contributed by atoms with van der Waals surface area (Å²) in [7, 11) is 0. The van der Waals surface area contributed by atoms with E-state index in [0.29, 0.717) is 11.9 Å². The average Bonchev–Trinajstić information content (AvgIpc) is 2.16. The number of hydrogen-bond acceptors (Lipinski definition) is 3. The molecule has 5 heteroatoms. The topological polar surface area (TPSA) is 26.3 Å². The molecular formula is C9H18ClO2PS. The van der Waals surface area contributed by atoms with E-state index in [1.165, 1.54) is 30.6 Å². The highest BCUT2D eigenvalue weighted by atomic mass is 35.7. The second-order valence-corrected chi connectivity index (χ2v) is 9.64. The maximum atomic E-state index is 11.7. The molecule has 14 heavy (non-hydrogen) atoms. The van der Waals surface area contributed by atoms with Gasteiger partial charge in [0.2, 0.25) is 0 Å². The van der Waals surface area contributed by atoms with E-state index in [1.54, 1.807) is 0 Å². The van der Waals surface area contributed by atoms with Crippen molar-refractivity contribution in [1.29, 1.82) is 0 Å². The Kier molecular flexibility index (Phi) is 5.91. The fourth-order valence-corrected chi connectivity index (χ4v) is 6.27. The molecular weight excluding hydrogens is 239 g/mol. The minimum absolute atomic E-state index is 0.448. The number of rotatable bonds is 5. The Labute approximate surface area is 95.1 Å².